The summed E-state index contributed by atoms with van der Waals surface area (Å²) in [6.45, 7) is 2.44. The van der Waals surface area contributed by atoms with Gasteiger partial charge in [0.25, 0.3) is 0 Å². The first kappa shape index (κ1) is 16.6. The van der Waals surface area contributed by atoms with Gasteiger partial charge < -0.3 is 0 Å². The van der Waals surface area contributed by atoms with Gasteiger partial charge in [-0.15, -0.1) is 0 Å². The van der Waals surface area contributed by atoms with Crippen LogP contribution in [-0.4, -0.2) is 20.4 Å². The number of halogens is 1. The summed E-state index contributed by atoms with van der Waals surface area (Å²) in [6, 6.07) is 13.1. The summed E-state index contributed by atoms with van der Waals surface area (Å²) < 4.78 is 36.2. The number of nitrogens with zero attached hydrogens (tertiary/aromatic N) is 1. The van der Waals surface area contributed by atoms with Crippen LogP contribution in [0.1, 0.15) is 24.1 Å². The molecule has 1 unspecified atom stereocenters. The quantitative estimate of drug-likeness (QED) is 0.920. The van der Waals surface area contributed by atoms with Gasteiger partial charge in [-0.1, -0.05) is 30.3 Å². The van der Waals surface area contributed by atoms with E-state index in [-0.39, 0.29) is 16.8 Å². The van der Waals surface area contributed by atoms with Crippen LogP contribution in [0.3, 0.4) is 0 Å². The van der Waals surface area contributed by atoms with Gasteiger partial charge in [-0.25, -0.2) is 17.9 Å². The first-order valence-electron chi connectivity index (χ1n) is 6.85. The Kier molecular flexibility index (Phi) is 4.95. The Labute approximate surface area is 130 Å². The van der Waals surface area contributed by atoms with E-state index in [0.29, 0.717) is 12.1 Å². The van der Waals surface area contributed by atoms with E-state index < -0.39 is 10.0 Å². The largest absolute Gasteiger partial charge is 0.295 e. The Balaban J connectivity index is 2.14. The fourth-order valence-electron chi connectivity index (χ4n) is 2.22. The summed E-state index contributed by atoms with van der Waals surface area (Å²) in [7, 11) is -1.79. The lowest BCUT2D eigenvalue weighted by molar-refractivity contribution is 0.249. The van der Waals surface area contributed by atoms with Crippen LogP contribution < -0.4 is 5.14 Å². The molecule has 0 fully saturated rings. The first-order valence-corrected chi connectivity index (χ1v) is 8.40. The maximum absolute atomic E-state index is 13.7. The highest BCUT2D eigenvalue weighted by atomic mass is 32.2. The molecule has 0 amide bonds. The molecule has 0 heterocycles. The van der Waals surface area contributed by atoms with E-state index in [1.165, 1.54) is 18.2 Å². The number of hydrogen-bond acceptors (Lipinski definition) is 3. The summed E-state index contributed by atoms with van der Waals surface area (Å²) in [5, 5.41) is 5.08. The zero-order chi connectivity index (χ0) is 16.3. The van der Waals surface area contributed by atoms with Gasteiger partial charge in [0.2, 0.25) is 10.0 Å². The lowest BCUT2D eigenvalue weighted by Crippen LogP contribution is -2.22. The molecule has 0 aliphatic carbocycles. The predicted molar refractivity (Wildman–Crippen MR) is 84.1 cm³/mol. The Hall–Kier alpha value is -1.76. The maximum atomic E-state index is 13.7. The third kappa shape index (κ3) is 3.91. The monoisotopic (exact) mass is 322 g/mol. The zero-order valence-corrected chi connectivity index (χ0v) is 13.3. The van der Waals surface area contributed by atoms with Crippen LogP contribution in [0.25, 0.3) is 0 Å². The molecule has 2 rings (SSSR count). The van der Waals surface area contributed by atoms with Gasteiger partial charge in [0, 0.05) is 18.2 Å². The van der Waals surface area contributed by atoms with Gasteiger partial charge >= 0.3 is 0 Å². The Morgan fingerprint density at radius 3 is 2.27 bits per heavy atom. The highest BCUT2D eigenvalue weighted by molar-refractivity contribution is 7.89. The Bertz CT molecular complexity index is 745. The van der Waals surface area contributed by atoms with Crippen molar-refractivity contribution in [2.45, 2.75) is 24.4 Å². The van der Waals surface area contributed by atoms with E-state index in [1.54, 1.807) is 30.3 Å². The second-order valence-electron chi connectivity index (χ2n) is 5.30. The lowest BCUT2D eigenvalue weighted by atomic mass is 10.1. The van der Waals surface area contributed by atoms with Crippen molar-refractivity contribution in [3.8, 4) is 0 Å². The molecule has 2 aromatic rings. The summed E-state index contributed by atoms with van der Waals surface area (Å²) in [5.41, 5.74) is 1.56. The molecular formula is C16H19FN2O2S. The zero-order valence-electron chi connectivity index (χ0n) is 12.5. The average Bonchev–Trinajstić information content (AvgIpc) is 2.48. The average molecular weight is 322 g/mol. The molecule has 1 atom stereocenters. The normalized spacial score (nSPS) is 13.3. The fraction of sp³-hybridized carbons (Fsp3) is 0.250. The van der Waals surface area contributed by atoms with Crippen molar-refractivity contribution in [1.29, 1.82) is 0 Å². The van der Waals surface area contributed by atoms with Crippen molar-refractivity contribution in [3.63, 3.8) is 0 Å². The number of primary sulfonamides is 1. The van der Waals surface area contributed by atoms with Crippen LogP contribution in [0.5, 0.6) is 0 Å². The Morgan fingerprint density at radius 2 is 1.73 bits per heavy atom. The maximum Gasteiger partial charge on any atom is 0.238 e. The van der Waals surface area contributed by atoms with Crippen LogP contribution >= 0.6 is 0 Å². The minimum Gasteiger partial charge on any atom is -0.295 e. The number of rotatable bonds is 5. The van der Waals surface area contributed by atoms with E-state index in [4.69, 9.17) is 5.14 Å². The standard InChI is InChI=1S/C16H19FN2O2S/c1-12(13-7-9-15(10-8-13)22(18,20)21)19(2)11-14-5-3-4-6-16(14)17/h3-10,12H,11H2,1-2H3,(H2,18,20,21). The van der Waals surface area contributed by atoms with Crippen molar-refractivity contribution in [3.05, 3.63) is 65.5 Å². The molecule has 0 radical (unpaired) electrons. The molecule has 22 heavy (non-hydrogen) atoms. The van der Waals surface area contributed by atoms with Crippen LogP contribution in [0, 0.1) is 5.82 Å². The molecule has 4 nitrogen and oxygen atoms in total. The van der Waals surface area contributed by atoms with Gasteiger partial charge in [0.15, 0.2) is 0 Å². The molecule has 0 aromatic heterocycles. The van der Waals surface area contributed by atoms with Crippen LogP contribution in [0.2, 0.25) is 0 Å². The summed E-state index contributed by atoms with van der Waals surface area (Å²) in [4.78, 5) is 2.07. The van der Waals surface area contributed by atoms with Crippen molar-refractivity contribution in [1.82, 2.24) is 4.90 Å². The molecule has 0 aliphatic heterocycles. The summed E-state index contributed by atoms with van der Waals surface area (Å²) in [6.07, 6.45) is 0. The molecule has 118 valence electrons. The van der Waals surface area contributed by atoms with Crippen LogP contribution in [-0.2, 0) is 16.6 Å². The van der Waals surface area contributed by atoms with E-state index in [2.05, 4.69) is 0 Å². The number of nitrogens with two attached hydrogens (primary N) is 1. The van der Waals surface area contributed by atoms with Gasteiger partial charge in [-0.05, 0) is 37.7 Å². The van der Waals surface area contributed by atoms with Crippen molar-refractivity contribution >= 4 is 10.0 Å². The minimum atomic E-state index is -3.68. The molecule has 0 saturated heterocycles. The van der Waals surface area contributed by atoms with Crippen molar-refractivity contribution < 1.29 is 12.8 Å². The number of sulfonamides is 1. The topological polar surface area (TPSA) is 63.4 Å². The highest BCUT2D eigenvalue weighted by Gasteiger charge is 2.15. The summed E-state index contributed by atoms with van der Waals surface area (Å²) in [5.74, 6) is -0.230. The molecule has 0 bridgehead atoms. The molecular weight excluding hydrogens is 303 g/mol. The van der Waals surface area contributed by atoms with Crippen molar-refractivity contribution in [2.75, 3.05) is 7.05 Å². The fourth-order valence-corrected chi connectivity index (χ4v) is 2.74. The number of hydrogen-bond donors (Lipinski definition) is 1. The third-order valence-corrected chi connectivity index (χ3v) is 4.66. The number of benzene rings is 2. The molecule has 0 saturated carbocycles. The van der Waals surface area contributed by atoms with Crippen LogP contribution in [0.4, 0.5) is 4.39 Å². The smallest absolute Gasteiger partial charge is 0.238 e. The van der Waals surface area contributed by atoms with Gasteiger partial charge in [-0.2, -0.15) is 0 Å². The SMILES string of the molecule is CC(c1ccc(S(N)(=O)=O)cc1)N(C)Cc1ccccc1F. The molecule has 0 aliphatic rings. The molecule has 2 aromatic carbocycles. The van der Waals surface area contributed by atoms with Gasteiger partial charge in [0.05, 0.1) is 4.90 Å². The lowest BCUT2D eigenvalue weighted by Gasteiger charge is -2.25. The van der Waals surface area contributed by atoms with E-state index in [1.807, 2.05) is 18.9 Å². The molecule has 6 heteroatoms. The van der Waals surface area contributed by atoms with E-state index in [0.717, 1.165) is 5.56 Å². The van der Waals surface area contributed by atoms with Gasteiger partial charge in [0.1, 0.15) is 5.82 Å². The predicted octanol–water partition coefficient (Wildman–Crippen LogP) is 2.67. The third-order valence-electron chi connectivity index (χ3n) is 3.73. The van der Waals surface area contributed by atoms with E-state index >= 15 is 0 Å². The summed E-state index contributed by atoms with van der Waals surface area (Å²) >= 11 is 0. The molecule has 0 spiro atoms. The minimum absolute atomic E-state index is 0.00846. The first-order chi connectivity index (χ1) is 10.3. The van der Waals surface area contributed by atoms with Crippen molar-refractivity contribution in [2.24, 2.45) is 5.14 Å². The Morgan fingerprint density at radius 1 is 1.14 bits per heavy atom. The second-order valence-corrected chi connectivity index (χ2v) is 6.86. The second kappa shape index (κ2) is 6.56. The molecule has 2 N–H and O–H groups in total. The van der Waals surface area contributed by atoms with E-state index in [9.17, 15) is 12.8 Å². The van der Waals surface area contributed by atoms with Crippen LogP contribution in [0.15, 0.2) is 53.4 Å². The highest BCUT2D eigenvalue weighted by Crippen LogP contribution is 2.22. The van der Waals surface area contributed by atoms with Gasteiger partial charge in [-0.3, -0.25) is 4.90 Å².